The highest BCUT2D eigenvalue weighted by molar-refractivity contribution is 6.25. The van der Waals surface area contributed by atoms with Crippen molar-refractivity contribution in [2.45, 2.75) is 11.8 Å². The van der Waals surface area contributed by atoms with Crippen molar-refractivity contribution in [1.82, 2.24) is 0 Å². The average Bonchev–Trinajstić information content (AvgIpc) is 3.30. The first kappa shape index (κ1) is 32.9. The third kappa shape index (κ3) is 5.02. The maximum Gasteiger partial charge on any atom is 0.0211 e. The molecular formula is C58H38. The molecule has 0 saturated heterocycles. The Hall–Kier alpha value is -7.28. The van der Waals surface area contributed by atoms with E-state index in [9.17, 15) is 0 Å². The van der Waals surface area contributed by atoms with Crippen LogP contribution in [0.4, 0.5) is 0 Å². The van der Waals surface area contributed by atoms with Crippen LogP contribution in [0.1, 0.15) is 34.1 Å². The molecule has 2 atom stereocenters. The fourth-order valence-corrected chi connectivity index (χ4v) is 10.4. The maximum atomic E-state index is 2.45. The SMILES string of the molecule is c1ccc(-c2ccccc2C(c2ccc3ccc4cccc5ccc2c3c45)C(c2ccccc2-c2ccccc2)c2ccc3ccc4cccc5ccc2c3c45)cc1. The van der Waals surface area contributed by atoms with Crippen LogP contribution in [0, 0.1) is 0 Å². The summed E-state index contributed by atoms with van der Waals surface area (Å²) in [6, 6.07) is 82.1. The van der Waals surface area contributed by atoms with Crippen molar-refractivity contribution >= 4 is 64.6 Å². The Morgan fingerprint density at radius 2 is 0.534 bits per heavy atom. The van der Waals surface area contributed by atoms with Crippen LogP contribution >= 0.6 is 0 Å². The van der Waals surface area contributed by atoms with Crippen LogP contribution in [0.5, 0.6) is 0 Å². The molecule has 0 aliphatic heterocycles. The molecule has 0 nitrogen and oxygen atoms in total. The van der Waals surface area contributed by atoms with Gasteiger partial charge in [0, 0.05) is 11.8 Å². The van der Waals surface area contributed by atoms with E-state index >= 15 is 0 Å². The Morgan fingerprint density at radius 1 is 0.207 bits per heavy atom. The molecule has 0 aliphatic carbocycles. The first-order chi connectivity index (χ1) is 28.8. The number of rotatable bonds is 7. The third-order valence-corrected chi connectivity index (χ3v) is 12.9. The number of hydrogen-bond acceptors (Lipinski definition) is 0. The zero-order chi connectivity index (χ0) is 38.2. The highest BCUT2D eigenvalue weighted by Crippen LogP contribution is 2.53. The van der Waals surface area contributed by atoms with Gasteiger partial charge in [-0.2, -0.15) is 0 Å². The summed E-state index contributed by atoms with van der Waals surface area (Å²) < 4.78 is 0. The fourth-order valence-electron chi connectivity index (χ4n) is 10.4. The van der Waals surface area contributed by atoms with Gasteiger partial charge in [-0.05, 0) is 109 Å². The molecule has 0 saturated carbocycles. The molecule has 0 fully saturated rings. The van der Waals surface area contributed by atoms with E-state index in [1.165, 1.54) is 109 Å². The highest BCUT2D eigenvalue weighted by Gasteiger charge is 2.34. The molecule has 0 bridgehead atoms. The van der Waals surface area contributed by atoms with Crippen LogP contribution in [0.25, 0.3) is 86.9 Å². The molecular weight excluding hydrogens is 697 g/mol. The molecule has 2 unspecified atom stereocenters. The van der Waals surface area contributed by atoms with Gasteiger partial charge in [0.15, 0.2) is 0 Å². The Kier molecular flexibility index (Phi) is 7.46. The van der Waals surface area contributed by atoms with Crippen molar-refractivity contribution in [1.29, 1.82) is 0 Å². The second-order valence-corrected chi connectivity index (χ2v) is 15.9. The van der Waals surface area contributed by atoms with E-state index in [1.54, 1.807) is 0 Å². The number of hydrogen-bond donors (Lipinski definition) is 0. The predicted molar refractivity (Wildman–Crippen MR) is 248 cm³/mol. The van der Waals surface area contributed by atoms with E-state index < -0.39 is 0 Å². The van der Waals surface area contributed by atoms with Gasteiger partial charge >= 0.3 is 0 Å². The average molecular weight is 735 g/mol. The second-order valence-electron chi connectivity index (χ2n) is 15.9. The normalized spacial score (nSPS) is 13.0. The highest BCUT2D eigenvalue weighted by atomic mass is 14.4. The van der Waals surface area contributed by atoms with Gasteiger partial charge in [0.2, 0.25) is 0 Å². The molecule has 12 rings (SSSR count). The van der Waals surface area contributed by atoms with Crippen molar-refractivity contribution in [2.24, 2.45) is 0 Å². The molecule has 0 heteroatoms. The molecule has 0 spiro atoms. The molecule has 0 radical (unpaired) electrons. The van der Waals surface area contributed by atoms with E-state index in [4.69, 9.17) is 0 Å². The minimum absolute atomic E-state index is 0.0655. The van der Waals surface area contributed by atoms with Crippen molar-refractivity contribution in [2.75, 3.05) is 0 Å². The molecule has 0 aliphatic rings. The summed E-state index contributed by atoms with van der Waals surface area (Å²) in [6.45, 7) is 0. The van der Waals surface area contributed by atoms with Crippen molar-refractivity contribution in [3.63, 3.8) is 0 Å². The van der Waals surface area contributed by atoms with Crippen LogP contribution in [0.15, 0.2) is 218 Å². The summed E-state index contributed by atoms with van der Waals surface area (Å²) in [4.78, 5) is 0. The zero-order valence-electron chi connectivity index (χ0n) is 31.9. The second kappa shape index (κ2) is 13.2. The topological polar surface area (TPSA) is 0 Å². The van der Waals surface area contributed by atoms with E-state index in [1.807, 2.05) is 0 Å². The number of benzene rings is 12. The minimum Gasteiger partial charge on any atom is -0.0622 e. The molecule has 0 amide bonds. The first-order valence-electron chi connectivity index (χ1n) is 20.4. The van der Waals surface area contributed by atoms with Crippen LogP contribution < -0.4 is 0 Å². The third-order valence-electron chi connectivity index (χ3n) is 12.9. The van der Waals surface area contributed by atoms with Gasteiger partial charge in [-0.25, -0.2) is 0 Å². The van der Waals surface area contributed by atoms with E-state index in [0.29, 0.717) is 0 Å². The van der Waals surface area contributed by atoms with Gasteiger partial charge in [-0.1, -0.05) is 218 Å². The Bertz CT molecular complexity index is 3180. The van der Waals surface area contributed by atoms with Crippen molar-refractivity contribution in [3.05, 3.63) is 241 Å². The lowest BCUT2D eigenvalue weighted by Gasteiger charge is -2.34. The largest absolute Gasteiger partial charge is 0.0622 e. The van der Waals surface area contributed by atoms with Crippen LogP contribution in [-0.4, -0.2) is 0 Å². The summed E-state index contributed by atoms with van der Waals surface area (Å²) in [5.41, 5.74) is 10.3. The molecule has 12 aromatic rings. The summed E-state index contributed by atoms with van der Waals surface area (Å²) in [5.74, 6) is -0.131. The Balaban J connectivity index is 1.26. The summed E-state index contributed by atoms with van der Waals surface area (Å²) >= 11 is 0. The van der Waals surface area contributed by atoms with Gasteiger partial charge in [0.25, 0.3) is 0 Å². The van der Waals surface area contributed by atoms with Gasteiger partial charge in [0.1, 0.15) is 0 Å². The molecule has 0 heterocycles. The molecule has 0 aromatic heterocycles. The summed E-state index contributed by atoms with van der Waals surface area (Å²) in [5, 5.41) is 15.7. The van der Waals surface area contributed by atoms with E-state index in [-0.39, 0.29) is 11.8 Å². The Morgan fingerprint density at radius 3 is 0.948 bits per heavy atom. The monoisotopic (exact) mass is 734 g/mol. The molecule has 12 aromatic carbocycles. The van der Waals surface area contributed by atoms with Crippen LogP contribution in [-0.2, 0) is 0 Å². The van der Waals surface area contributed by atoms with Gasteiger partial charge in [0.05, 0.1) is 0 Å². The molecule has 0 N–H and O–H groups in total. The fraction of sp³-hybridized carbons (Fsp3) is 0.0345. The molecule has 58 heavy (non-hydrogen) atoms. The standard InChI is InChI=1S/C58H38/c1-3-13-37(14-4-1)45-21-7-9-23-47(45)57(51-35-31-43-27-25-39-17-11-19-41-29-33-49(51)55(43)53(39)41)58(48-24-10-8-22-46(48)38-15-5-2-6-16-38)52-36-32-44-28-26-40-18-12-20-42-30-34-50(52)56(44)54(40)42/h1-36,57-58H. The van der Waals surface area contributed by atoms with Gasteiger partial charge in [-0.3, -0.25) is 0 Å². The van der Waals surface area contributed by atoms with E-state index in [0.717, 1.165) is 0 Å². The summed E-state index contributed by atoms with van der Waals surface area (Å²) in [6.07, 6.45) is 0. The van der Waals surface area contributed by atoms with Crippen molar-refractivity contribution < 1.29 is 0 Å². The first-order valence-corrected chi connectivity index (χ1v) is 20.4. The summed E-state index contributed by atoms with van der Waals surface area (Å²) in [7, 11) is 0. The molecule has 270 valence electrons. The van der Waals surface area contributed by atoms with E-state index in [2.05, 4.69) is 218 Å². The zero-order valence-corrected chi connectivity index (χ0v) is 31.9. The maximum absolute atomic E-state index is 2.45. The van der Waals surface area contributed by atoms with Crippen LogP contribution in [0.2, 0.25) is 0 Å². The van der Waals surface area contributed by atoms with Crippen molar-refractivity contribution in [3.8, 4) is 22.3 Å². The lowest BCUT2D eigenvalue weighted by atomic mass is 9.68. The predicted octanol–water partition coefficient (Wildman–Crippen LogP) is 15.8. The minimum atomic E-state index is -0.0655. The van der Waals surface area contributed by atoms with Gasteiger partial charge < -0.3 is 0 Å². The van der Waals surface area contributed by atoms with Crippen LogP contribution in [0.3, 0.4) is 0 Å². The lowest BCUT2D eigenvalue weighted by Crippen LogP contribution is -2.17. The van der Waals surface area contributed by atoms with Gasteiger partial charge in [-0.15, -0.1) is 0 Å². The lowest BCUT2D eigenvalue weighted by molar-refractivity contribution is 0.706. The quantitative estimate of drug-likeness (QED) is 0.143. The smallest absolute Gasteiger partial charge is 0.0211 e. The Labute approximate surface area is 337 Å².